The third-order valence-electron chi connectivity index (χ3n) is 3.87. The number of rotatable bonds is 7. The van der Waals surface area contributed by atoms with E-state index in [0.717, 1.165) is 25.3 Å². The Morgan fingerprint density at radius 3 is 2.54 bits per heavy atom. The summed E-state index contributed by atoms with van der Waals surface area (Å²) < 4.78 is 36.6. The summed E-state index contributed by atoms with van der Waals surface area (Å²) in [4.78, 5) is 34.7. The largest absolute Gasteiger partial charge is 0.490 e. The molecular weight excluding hydrogens is 378 g/mol. The van der Waals surface area contributed by atoms with Crippen molar-refractivity contribution < 1.29 is 32.8 Å². The first-order chi connectivity index (χ1) is 13.3. The quantitative estimate of drug-likeness (QED) is 0.439. The number of hydrogen-bond donors (Lipinski definition) is 1. The summed E-state index contributed by atoms with van der Waals surface area (Å²) in [6, 6.07) is 5.76. The highest BCUT2D eigenvalue weighted by Crippen LogP contribution is 2.28. The van der Waals surface area contributed by atoms with Crippen molar-refractivity contribution in [2.45, 2.75) is 12.5 Å². The van der Waals surface area contributed by atoms with Gasteiger partial charge in [0, 0.05) is 12.5 Å². The minimum absolute atomic E-state index is 0.0224. The van der Waals surface area contributed by atoms with E-state index in [1.54, 1.807) is 0 Å². The lowest BCUT2D eigenvalue weighted by molar-refractivity contribution is -0.385. The number of nitrogens with zero attached hydrogens (tertiary/aromatic N) is 1. The Morgan fingerprint density at radius 1 is 1.21 bits per heavy atom. The summed E-state index contributed by atoms with van der Waals surface area (Å²) in [5.74, 6) is -4.44. The number of nitro benzene ring substituents is 1. The van der Waals surface area contributed by atoms with Crippen LogP contribution >= 0.6 is 0 Å². The van der Waals surface area contributed by atoms with Crippen LogP contribution in [0.25, 0.3) is 0 Å². The topological polar surface area (TPSA) is 108 Å². The summed E-state index contributed by atoms with van der Waals surface area (Å²) >= 11 is 0. The monoisotopic (exact) mass is 394 g/mol. The molecule has 148 valence electrons. The summed E-state index contributed by atoms with van der Waals surface area (Å²) in [7, 11) is 2.35. The van der Waals surface area contributed by atoms with E-state index >= 15 is 0 Å². The second-order valence-corrected chi connectivity index (χ2v) is 5.62. The molecule has 28 heavy (non-hydrogen) atoms. The molecule has 0 unspecified atom stereocenters. The SMILES string of the molecule is COC(=O)[C@H](Cc1ccc(OC)c([N+](=O)[O-])c1)NC(=O)c1cccc(F)c1F. The van der Waals surface area contributed by atoms with Gasteiger partial charge in [0.15, 0.2) is 17.4 Å². The van der Waals surface area contributed by atoms with E-state index in [2.05, 4.69) is 10.1 Å². The first-order valence-corrected chi connectivity index (χ1v) is 7.92. The molecule has 0 heterocycles. The lowest BCUT2D eigenvalue weighted by atomic mass is 10.0. The smallest absolute Gasteiger partial charge is 0.328 e. The summed E-state index contributed by atoms with van der Waals surface area (Å²) in [6.07, 6.45) is -0.180. The van der Waals surface area contributed by atoms with Crippen LogP contribution in [0.4, 0.5) is 14.5 Å². The number of esters is 1. The van der Waals surface area contributed by atoms with E-state index in [4.69, 9.17) is 4.74 Å². The summed E-state index contributed by atoms with van der Waals surface area (Å²) in [5, 5.41) is 13.4. The maximum atomic E-state index is 13.8. The highest BCUT2D eigenvalue weighted by Gasteiger charge is 2.26. The molecule has 8 nitrogen and oxygen atoms in total. The van der Waals surface area contributed by atoms with Crippen LogP contribution in [0.5, 0.6) is 5.75 Å². The standard InChI is InChI=1S/C18H16F2N2O6/c1-27-15-7-6-10(9-14(15)22(25)26)8-13(18(24)28-2)21-17(23)11-4-3-5-12(19)16(11)20/h3-7,9,13H,8H2,1-2H3,(H,21,23)/t13-/m0/s1. The van der Waals surface area contributed by atoms with Crippen molar-refractivity contribution in [3.8, 4) is 5.75 Å². The van der Waals surface area contributed by atoms with E-state index in [1.165, 1.54) is 25.3 Å². The van der Waals surface area contributed by atoms with Gasteiger partial charge in [-0.05, 0) is 23.8 Å². The third-order valence-corrected chi connectivity index (χ3v) is 3.87. The normalized spacial score (nSPS) is 11.4. The molecule has 0 aliphatic carbocycles. The lowest BCUT2D eigenvalue weighted by Gasteiger charge is -2.17. The van der Waals surface area contributed by atoms with Gasteiger partial charge in [0.05, 0.1) is 24.7 Å². The fraction of sp³-hybridized carbons (Fsp3) is 0.222. The minimum atomic E-state index is -1.36. The average molecular weight is 394 g/mol. The van der Waals surface area contributed by atoms with E-state index in [1.807, 2.05) is 0 Å². The Kier molecular flexibility index (Phi) is 6.59. The van der Waals surface area contributed by atoms with E-state index in [0.29, 0.717) is 5.56 Å². The van der Waals surface area contributed by atoms with Gasteiger partial charge < -0.3 is 14.8 Å². The molecule has 0 bridgehead atoms. The Balaban J connectivity index is 2.29. The van der Waals surface area contributed by atoms with Crippen molar-refractivity contribution >= 4 is 17.6 Å². The molecular formula is C18H16F2N2O6. The first kappa shape index (κ1) is 20.7. The van der Waals surface area contributed by atoms with Crippen LogP contribution in [0, 0.1) is 21.7 Å². The van der Waals surface area contributed by atoms with Gasteiger partial charge in [-0.25, -0.2) is 13.6 Å². The van der Waals surface area contributed by atoms with Gasteiger partial charge in [0.25, 0.3) is 5.91 Å². The van der Waals surface area contributed by atoms with Gasteiger partial charge in [-0.2, -0.15) is 0 Å². The fourth-order valence-electron chi connectivity index (χ4n) is 2.49. The number of ether oxygens (including phenoxy) is 2. The van der Waals surface area contributed by atoms with E-state index in [9.17, 15) is 28.5 Å². The van der Waals surface area contributed by atoms with Crippen LogP contribution in [0.1, 0.15) is 15.9 Å². The highest BCUT2D eigenvalue weighted by atomic mass is 19.2. The van der Waals surface area contributed by atoms with Gasteiger partial charge in [0.1, 0.15) is 6.04 Å². The molecule has 1 atom stereocenters. The number of hydrogen-bond acceptors (Lipinski definition) is 6. The molecule has 0 aliphatic heterocycles. The molecule has 0 aromatic heterocycles. The molecule has 2 aromatic carbocycles. The Bertz CT molecular complexity index is 919. The number of methoxy groups -OCH3 is 2. The minimum Gasteiger partial charge on any atom is -0.490 e. The van der Waals surface area contributed by atoms with E-state index < -0.39 is 40.0 Å². The zero-order valence-corrected chi connectivity index (χ0v) is 14.9. The van der Waals surface area contributed by atoms with Crippen molar-refractivity contribution in [2.24, 2.45) is 0 Å². The third kappa shape index (κ3) is 4.58. The second kappa shape index (κ2) is 8.89. The van der Waals surface area contributed by atoms with Crippen molar-refractivity contribution in [1.82, 2.24) is 5.32 Å². The molecule has 1 amide bonds. The van der Waals surface area contributed by atoms with Gasteiger partial charge in [0.2, 0.25) is 0 Å². The van der Waals surface area contributed by atoms with Gasteiger partial charge in [-0.3, -0.25) is 14.9 Å². The number of carbonyl (C=O) groups excluding carboxylic acids is 2. The number of benzene rings is 2. The fourth-order valence-corrected chi connectivity index (χ4v) is 2.49. The predicted octanol–water partition coefficient (Wildman–Crippen LogP) is 2.40. The molecule has 0 aliphatic rings. The van der Waals surface area contributed by atoms with Crippen molar-refractivity contribution in [1.29, 1.82) is 0 Å². The van der Waals surface area contributed by atoms with Gasteiger partial charge >= 0.3 is 11.7 Å². The number of amides is 1. The molecule has 2 rings (SSSR count). The van der Waals surface area contributed by atoms with Crippen LogP contribution in [-0.2, 0) is 16.0 Å². The Hall–Kier alpha value is -3.56. The Labute approximate surface area is 158 Å². The van der Waals surface area contributed by atoms with Crippen LogP contribution in [-0.4, -0.2) is 37.1 Å². The average Bonchev–Trinajstić information content (AvgIpc) is 2.68. The van der Waals surface area contributed by atoms with Gasteiger partial charge in [-0.15, -0.1) is 0 Å². The molecule has 1 N–H and O–H groups in total. The number of carbonyl (C=O) groups is 2. The molecule has 2 aromatic rings. The Morgan fingerprint density at radius 2 is 1.93 bits per heavy atom. The van der Waals surface area contributed by atoms with Gasteiger partial charge in [-0.1, -0.05) is 12.1 Å². The molecule has 0 saturated carbocycles. The first-order valence-electron chi connectivity index (χ1n) is 7.92. The van der Waals surface area contributed by atoms with Crippen LogP contribution in [0.15, 0.2) is 36.4 Å². The number of nitro groups is 1. The van der Waals surface area contributed by atoms with Crippen molar-refractivity contribution in [2.75, 3.05) is 14.2 Å². The zero-order valence-electron chi connectivity index (χ0n) is 14.9. The highest BCUT2D eigenvalue weighted by molar-refractivity contribution is 5.97. The maximum Gasteiger partial charge on any atom is 0.328 e. The molecule has 0 fully saturated rings. The molecule has 0 radical (unpaired) electrons. The molecule has 10 heteroatoms. The second-order valence-electron chi connectivity index (χ2n) is 5.62. The molecule has 0 saturated heterocycles. The van der Waals surface area contributed by atoms with Crippen LogP contribution < -0.4 is 10.1 Å². The van der Waals surface area contributed by atoms with Crippen molar-refractivity contribution in [3.05, 3.63) is 69.3 Å². The van der Waals surface area contributed by atoms with Crippen LogP contribution in [0.3, 0.4) is 0 Å². The summed E-state index contributed by atoms with van der Waals surface area (Å²) in [6.45, 7) is 0. The maximum absolute atomic E-state index is 13.8. The zero-order chi connectivity index (χ0) is 20.8. The van der Waals surface area contributed by atoms with E-state index in [-0.39, 0.29) is 17.9 Å². The van der Waals surface area contributed by atoms with Crippen LogP contribution in [0.2, 0.25) is 0 Å². The number of nitrogens with one attached hydrogen (secondary N) is 1. The van der Waals surface area contributed by atoms with Crippen molar-refractivity contribution in [3.63, 3.8) is 0 Å². The number of halogens is 2. The molecule has 0 spiro atoms. The lowest BCUT2D eigenvalue weighted by Crippen LogP contribution is -2.43. The predicted molar refractivity (Wildman–Crippen MR) is 93.0 cm³/mol. The summed E-state index contributed by atoms with van der Waals surface area (Å²) in [5.41, 5.74) is -0.594.